The molecule has 13 atom stereocenters. The highest BCUT2D eigenvalue weighted by molar-refractivity contribution is 6.00. The summed E-state index contributed by atoms with van der Waals surface area (Å²) in [7, 11) is 13.8. The first kappa shape index (κ1) is 106. The first-order valence-corrected chi connectivity index (χ1v) is 44.1. The average Bonchev–Trinajstić information content (AvgIpc) is 1.61. The number of carbonyl (C=O) groups is 17. The van der Waals surface area contributed by atoms with Crippen molar-refractivity contribution in [2.45, 2.75) is 219 Å². The van der Waals surface area contributed by atoms with Crippen LogP contribution in [0.25, 0.3) is 11.1 Å². The highest BCUT2D eigenvalue weighted by Gasteiger charge is 2.45. The quantitative estimate of drug-likeness (QED) is 0.0309. The fourth-order valence-corrected chi connectivity index (χ4v) is 16.0. The monoisotopic (exact) mass is 1790 g/mol. The van der Waals surface area contributed by atoms with Crippen LogP contribution in [0.5, 0.6) is 0 Å². The van der Waals surface area contributed by atoms with Crippen molar-refractivity contribution in [1.82, 2.24) is 80.9 Å². The van der Waals surface area contributed by atoms with Gasteiger partial charge in [-0.15, -0.1) is 0 Å². The van der Waals surface area contributed by atoms with E-state index in [4.69, 9.17) is 4.74 Å². The Morgan fingerprint density at radius 3 is 1.43 bits per heavy atom. The topological polar surface area (TPSA) is 424 Å². The van der Waals surface area contributed by atoms with Crippen LogP contribution in [-0.2, 0) is 94.3 Å². The second-order valence-electron chi connectivity index (χ2n) is 35.7. The molecule has 1 aliphatic heterocycles. The molecule has 0 saturated carbocycles. The standard InChI is InChI=1S/C94H136N16O19/c1-55(2)44-71(100-84(118)62(12)103(16)94(128)129-54-70-68-40-31-29-38-66(68)67-39-30-32-41-69(67)70)88(122)104(17)65(53-111)50-95-59(9)82(116)99-72(45-56(3)4)89(123)107(20)75(47-63-34-25-23-26-35-63)91(125)102(15)61(11)83(117)96-51-78(112)105(18)76(48-64-36-27-24-28-37-64)92(126)110-43-33-42-73(110)86(120)98-60(10)87(121)106(19)74(46-57(5)6)85(119)97-52-79(113)109(22)81(58(7)8)93(127)108(21)77(49-80(114)115)90(124)101(13)14/h23-32,34-41,53,55-62,65,70-77,81,95H,33,42-52,54H2,1-22H3,(H,96,117)(H,97,119)(H,98,120)(H,99,116)(H,100,118)(H,114,115)/t59-,60-,61-,62-,65?,71-,72-,73-,74-,75-,76-,77+,81-/m0/s1. The lowest BCUT2D eigenvalue weighted by Gasteiger charge is -2.36. The van der Waals surface area contributed by atoms with E-state index in [-0.39, 0.29) is 81.9 Å². The van der Waals surface area contributed by atoms with Gasteiger partial charge in [0.2, 0.25) is 82.7 Å². The molecule has 0 aromatic heterocycles. The molecule has 706 valence electrons. The van der Waals surface area contributed by atoms with Gasteiger partial charge >= 0.3 is 12.1 Å². The third-order valence-corrected chi connectivity index (χ3v) is 24.2. The molecule has 1 aliphatic carbocycles. The Labute approximate surface area is 758 Å². The minimum absolute atomic E-state index is 0.0216. The summed E-state index contributed by atoms with van der Waals surface area (Å²) in [6.45, 7) is 18.8. The van der Waals surface area contributed by atoms with E-state index in [0.717, 1.165) is 51.7 Å². The number of amides is 15. The predicted octanol–water partition coefficient (Wildman–Crippen LogP) is 3.78. The molecule has 0 bridgehead atoms. The Morgan fingerprint density at radius 2 is 0.922 bits per heavy atom. The molecule has 129 heavy (non-hydrogen) atoms. The van der Waals surface area contributed by atoms with Crippen LogP contribution in [0.1, 0.15) is 150 Å². The fourth-order valence-electron chi connectivity index (χ4n) is 16.0. The number of hydrogen-bond acceptors (Lipinski definition) is 19. The zero-order chi connectivity index (χ0) is 96.4. The van der Waals surface area contributed by atoms with E-state index < -0.39 is 199 Å². The molecule has 15 amide bonds. The number of carboxylic acid groups (broad SMARTS) is 1. The zero-order valence-electron chi connectivity index (χ0n) is 78.8. The van der Waals surface area contributed by atoms with Crippen LogP contribution in [0.4, 0.5) is 4.79 Å². The third kappa shape index (κ3) is 28.4. The minimum Gasteiger partial charge on any atom is -0.481 e. The lowest BCUT2D eigenvalue weighted by Crippen LogP contribution is -2.59. The van der Waals surface area contributed by atoms with Crippen LogP contribution < -0.4 is 31.9 Å². The zero-order valence-corrected chi connectivity index (χ0v) is 78.8. The molecule has 7 N–H and O–H groups in total. The van der Waals surface area contributed by atoms with E-state index in [2.05, 4.69) is 31.9 Å². The van der Waals surface area contributed by atoms with Gasteiger partial charge in [-0.3, -0.25) is 76.8 Å². The Bertz CT molecular complexity index is 4560. The molecular weight excluding hydrogens is 1660 g/mol. The number of rotatable bonds is 46. The lowest BCUT2D eigenvalue weighted by atomic mass is 9.98. The number of likely N-dealkylation sites (tertiary alicyclic amines) is 1. The van der Waals surface area contributed by atoms with Gasteiger partial charge in [0.1, 0.15) is 79.4 Å². The second-order valence-corrected chi connectivity index (χ2v) is 35.7. The van der Waals surface area contributed by atoms with Crippen molar-refractivity contribution >= 4 is 101 Å². The summed E-state index contributed by atoms with van der Waals surface area (Å²) < 4.78 is 5.82. The lowest BCUT2D eigenvalue weighted by molar-refractivity contribution is -0.153. The SMILES string of the molecule is CC(C)C[C@H](NC(=O)[C@H](C)N(C)C(=O)OCC1c2ccccc2-c2ccccc21)C(=O)N(C)C(C=O)CN[C@@H](C)C(=O)N[C@@H](CC(C)C)C(=O)N(C)[C@@H](Cc1ccccc1)C(=O)N(C)[C@@H](C)C(=O)NCC(=O)N(C)[C@@H](Cc1ccccc1)C(=O)N1CCC[C@H]1C(=O)N[C@@H](C)C(=O)N(C)[C@@H](CC(C)C)C(=O)NCC(=O)N(C)[C@H](C(=O)N(C)[C@H](CC(=O)O)C(=O)N(C)C)C(C)C. The summed E-state index contributed by atoms with van der Waals surface area (Å²) in [5.74, 6) is -12.1. The molecule has 2 aliphatic rings. The molecule has 35 heteroatoms. The van der Waals surface area contributed by atoms with Gasteiger partial charge < -0.3 is 90.6 Å². The number of nitrogens with zero attached hydrogens (tertiary/aromatic N) is 10. The van der Waals surface area contributed by atoms with Crippen molar-refractivity contribution in [1.29, 1.82) is 0 Å². The maximum atomic E-state index is 15.1. The number of carboxylic acids is 1. The van der Waals surface area contributed by atoms with Crippen molar-refractivity contribution in [3.8, 4) is 11.1 Å². The number of hydrogen-bond donors (Lipinski definition) is 7. The van der Waals surface area contributed by atoms with Gasteiger partial charge in [-0.05, 0) is 117 Å². The van der Waals surface area contributed by atoms with Crippen molar-refractivity contribution in [3.05, 3.63) is 131 Å². The number of aldehydes is 1. The highest BCUT2D eigenvalue weighted by atomic mass is 16.6. The first-order chi connectivity index (χ1) is 60.7. The average molecular weight is 1790 g/mol. The smallest absolute Gasteiger partial charge is 0.410 e. The molecule has 6 rings (SSSR count). The van der Waals surface area contributed by atoms with Gasteiger partial charge in [0, 0.05) is 102 Å². The number of aliphatic carboxylic acids is 1. The van der Waals surface area contributed by atoms with Crippen molar-refractivity contribution < 1.29 is 91.4 Å². The van der Waals surface area contributed by atoms with E-state index in [1.165, 1.54) is 118 Å². The third-order valence-electron chi connectivity index (χ3n) is 24.2. The van der Waals surface area contributed by atoms with E-state index in [9.17, 15) is 77.0 Å². The number of likely N-dealkylation sites (N-methyl/N-ethyl adjacent to an activating group) is 9. The molecule has 35 nitrogen and oxygen atoms in total. The summed E-state index contributed by atoms with van der Waals surface area (Å²) in [4.78, 5) is 250. The van der Waals surface area contributed by atoms with Gasteiger partial charge in [-0.25, -0.2) is 4.79 Å². The van der Waals surface area contributed by atoms with Crippen LogP contribution in [0, 0.1) is 23.7 Å². The van der Waals surface area contributed by atoms with Crippen LogP contribution in [-0.4, -0.2) is 337 Å². The molecule has 1 heterocycles. The molecule has 1 saturated heterocycles. The molecule has 1 fully saturated rings. The minimum atomic E-state index is -1.38. The maximum Gasteiger partial charge on any atom is 0.410 e. The van der Waals surface area contributed by atoms with Crippen molar-refractivity contribution in [2.75, 3.05) is 103 Å². The van der Waals surface area contributed by atoms with Gasteiger partial charge in [0.05, 0.1) is 31.6 Å². The van der Waals surface area contributed by atoms with E-state index in [1.54, 1.807) is 74.5 Å². The first-order valence-electron chi connectivity index (χ1n) is 44.1. The number of carbonyl (C=O) groups excluding carboxylic acids is 16. The highest BCUT2D eigenvalue weighted by Crippen LogP contribution is 2.45. The van der Waals surface area contributed by atoms with Gasteiger partial charge in [-0.1, -0.05) is 165 Å². The van der Waals surface area contributed by atoms with Gasteiger partial charge in [0.25, 0.3) is 0 Å². The predicted molar refractivity (Wildman–Crippen MR) is 484 cm³/mol. The number of fused-ring (bicyclic) bond motifs is 3. The van der Waals surface area contributed by atoms with E-state index >= 15 is 9.59 Å². The number of ether oxygens (including phenoxy) is 1. The maximum absolute atomic E-state index is 15.1. The van der Waals surface area contributed by atoms with Crippen LogP contribution >= 0.6 is 0 Å². The fraction of sp³-hybridized carbons (Fsp3) is 0.564. The largest absolute Gasteiger partial charge is 0.481 e. The Hall–Kier alpha value is -12.2. The van der Waals surface area contributed by atoms with Gasteiger partial charge in [-0.2, -0.15) is 0 Å². The number of nitrogens with one attached hydrogen (secondary N) is 6. The summed E-state index contributed by atoms with van der Waals surface area (Å²) in [5, 5.41) is 26.2. The summed E-state index contributed by atoms with van der Waals surface area (Å²) >= 11 is 0. The van der Waals surface area contributed by atoms with Gasteiger partial charge in [0.15, 0.2) is 0 Å². The second kappa shape index (κ2) is 48.8. The molecule has 1 unspecified atom stereocenters. The molecule has 4 aromatic rings. The molecule has 0 spiro atoms. The summed E-state index contributed by atoms with van der Waals surface area (Å²) in [5.41, 5.74) is 5.43. The van der Waals surface area contributed by atoms with Crippen molar-refractivity contribution in [3.63, 3.8) is 0 Å². The number of benzene rings is 4. The van der Waals surface area contributed by atoms with Crippen LogP contribution in [0.3, 0.4) is 0 Å². The van der Waals surface area contributed by atoms with E-state index in [1.807, 2.05) is 90.1 Å². The Balaban J connectivity index is 1.07. The summed E-state index contributed by atoms with van der Waals surface area (Å²) in [6.07, 6.45) is -0.0745. The van der Waals surface area contributed by atoms with Crippen molar-refractivity contribution in [2.24, 2.45) is 23.7 Å². The summed E-state index contributed by atoms with van der Waals surface area (Å²) in [6, 6.07) is 17.8. The molecule has 4 aromatic carbocycles. The van der Waals surface area contributed by atoms with E-state index in [0.29, 0.717) is 23.8 Å². The molecule has 0 radical (unpaired) electrons. The Morgan fingerprint density at radius 1 is 0.457 bits per heavy atom. The van der Waals surface area contributed by atoms with Crippen LogP contribution in [0.2, 0.25) is 0 Å². The normalized spacial score (nSPS) is 15.6. The Kier molecular flexibility index (Phi) is 40.0. The van der Waals surface area contributed by atoms with Crippen LogP contribution in [0.15, 0.2) is 109 Å². The molecular formula is C94H136N16O19.